The molecule has 0 aliphatic heterocycles. The summed E-state index contributed by atoms with van der Waals surface area (Å²) in [5, 5.41) is 2.59. The number of hydrogen-bond acceptors (Lipinski definition) is 5. The van der Waals surface area contributed by atoms with E-state index in [1.165, 1.54) is 45.3 Å². The SMILES string of the molecule is CC[C@](C)(NC(=O)c1ccc(S(=O)(=O)N(C)c2ccccc2OC)cc1)C(N)=O. The summed E-state index contributed by atoms with van der Waals surface area (Å²) in [7, 11) is -0.988. The molecule has 0 radical (unpaired) electrons. The average molecular weight is 420 g/mol. The third-order valence-corrected chi connectivity index (χ3v) is 6.63. The second kappa shape index (κ2) is 8.52. The highest BCUT2D eigenvalue weighted by Crippen LogP contribution is 2.30. The topological polar surface area (TPSA) is 119 Å². The fourth-order valence-corrected chi connectivity index (χ4v) is 3.81. The molecule has 2 aromatic rings. The number of nitrogens with zero attached hydrogens (tertiary/aromatic N) is 1. The molecule has 1 atom stereocenters. The Labute approximate surface area is 170 Å². The Morgan fingerprint density at radius 2 is 1.72 bits per heavy atom. The normalized spacial score (nSPS) is 13.2. The molecule has 2 amide bonds. The molecule has 2 aromatic carbocycles. The number of sulfonamides is 1. The van der Waals surface area contributed by atoms with Crippen LogP contribution in [-0.2, 0) is 14.8 Å². The molecule has 0 heterocycles. The van der Waals surface area contributed by atoms with Crippen molar-refractivity contribution in [1.82, 2.24) is 5.32 Å². The van der Waals surface area contributed by atoms with Crippen molar-refractivity contribution in [2.45, 2.75) is 30.7 Å². The number of rotatable bonds is 8. The molecule has 8 nitrogen and oxygen atoms in total. The lowest BCUT2D eigenvalue weighted by Crippen LogP contribution is -2.54. The highest BCUT2D eigenvalue weighted by molar-refractivity contribution is 7.92. The Bertz CT molecular complexity index is 1010. The van der Waals surface area contributed by atoms with Gasteiger partial charge in [-0.05, 0) is 49.7 Å². The zero-order valence-electron chi connectivity index (χ0n) is 16.8. The summed E-state index contributed by atoms with van der Waals surface area (Å²) in [6.07, 6.45) is 0.324. The van der Waals surface area contributed by atoms with E-state index in [-0.39, 0.29) is 10.5 Å². The molecule has 0 saturated carbocycles. The van der Waals surface area contributed by atoms with E-state index in [2.05, 4.69) is 5.32 Å². The van der Waals surface area contributed by atoms with Crippen LogP contribution in [0.3, 0.4) is 0 Å². The summed E-state index contributed by atoms with van der Waals surface area (Å²) >= 11 is 0. The van der Waals surface area contributed by atoms with Crippen LogP contribution in [0.1, 0.15) is 30.6 Å². The van der Waals surface area contributed by atoms with Crippen LogP contribution in [0, 0.1) is 0 Å². The third-order valence-electron chi connectivity index (χ3n) is 4.84. The Kier molecular flexibility index (Phi) is 6.53. The Hall–Kier alpha value is -3.07. The molecule has 9 heteroatoms. The standard InChI is InChI=1S/C20H25N3O5S/c1-5-20(2,19(21)25)22-18(24)14-10-12-15(13-11-14)29(26,27)23(3)16-8-6-7-9-17(16)28-4/h6-13H,5H2,1-4H3,(H2,21,25)(H,22,24)/t20-/m0/s1. The molecule has 0 bridgehead atoms. The quantitative estimate of drug-likeness (QED) is 0.677. The molecule has 156 valence electrons. The molecule has 0 aliphatic carbocycles. The van der Waals surface area contributed by atoms with E-state index in [1.807, 2.05) is 0 Å². The average Bonchev–Trinajstić information content (AvgIpc) is 2.72. The first kappa shape index (κ1) is 22.2. The van der Waals surface area contributed by atoms with Gasteiger partial charge in [-0.2, -0.15) is 0 Å². The maximum atomic E-state index is 13.0. The Morgan fingerprint density at radius 1 is 1.14 bits per heavy atom. The van der Waals surface area contributed by atoms with E-state index in [0.717, 1.165) is 4.31 Å². The fourth-order valence-electron chi connectivity index (χ4n) is 2.60. The number of nitrogens with two attached hydrogens (primary N) is 1. The molecular formula is C20H25N3O5S. The minimum absolute atomic E-state index is 0.00982. The summed E-state index contributed by atoms with van der Waals surface area (Å²) in [6.45, 7) is 3.27. The summed E-state index contributed by atoms with van der Waals surface area (Å²) in [4.78, 5) is 24.0. The molecule has 0 aliphatic rings. The number of anilines is 1. The highest BCUT2D eigenvalue weighted by Gasteiger charge is 2.31. The first-order valence-corrected chi connectivity index (χ1v) is 10.3. The molecule has 0 unspecified atom stereocenters. The van der Waals surface area contributed by atoms with Crippen molar-refractivity contribution in [3.8, 4) is 5.75 Å². The van der Waals surface area contributed by atoms with Crippen molar-refractivity contribution in [2.24, 2.45) is 5.73 Å². The van der Waals surface area contributed by atoms with Crippen molar-refractivity contribution in [3.63, 3.8) is 0 Å². The van der Waals surface area contributed by atoms with E-state index in [0.29, 0.717) is 17.9 Å². The number of carbonyl (C=O) groups is 2. The first-order chi connectivity index (χ1) is 13.6. The van der Waals surface area contributed by atoms with Crippen LogP contribution in [0.5, 0.6) is 5.75 Å². The predicted octanol–water partition coefficient (Wildman–Crippen LogP) is 1.90. The third kappa shape index (κ3) is 4.51. The number of methoxy groups -OCH3 is 1. The second-order valence-corrected chi connectivity index (χ2v) is 8.64. The van der Waals surface area contributed by atoms with E-state index in [1.54, 1.807) is 31.2 Å². The molecule has 2 rings (SSSR count). The number of para-hydroxylation sites is 2. The van der Waals surface area contributed by atoms with Gasteiger partial charge in [-0.3, -0.25) is 13.9 Å². The van der Waals surface area contributed by atoms with Gasteiger partial charge in [-0.15, -0.1) is 0 Å². The van der Waals surface area contributed by atoms with Crippen LogP contribution in [0.25, 0.3) is 0 Å². The van der Waals surface area contributed by atoms with Crippen LogP contribution in [-0.4, -0.2) is 39.9 Å². The van der Waals surface area contributed by atoms with E-state index in [4.69, 9.17) is 10.5 Å². The minimum atomic E-state index is -3.87. The van der Waals surface area contributed by atoms with Gasteiger partial charge in [0.25, 0.3) is 15.9 Å². The van der Waals surface area contributed by atoms with E-state index < -0.39 is 27.4 Å². The van der Waals surface area contributed by atoms with E-state index >= 15 is 0 Å². The lowest BCUT2D eigenvalue weighted by molar-refractivity contribution is -0.123. The van der Waals surface area contributed by atoms with Gasteiger partial charge in [0.15, 0.2) is 0 Å². The monoisotopic (exact) mass is 419 g/mol. The van der Waals surface area contributed by atoms with Gasteiger partial charge in [0.05, 0.1) is 17.7 Å². The lowest BCUT2D eigenvalue weighted by atomic mass is 9.97. The Balaban J connectivity index is 2.29. The van der Waals surface area contributed by atoms with Gasteiger partial charge in [0, 0.05) is 12.6 Å². The number of hydrogen-bond donors (Lipinski definition) is 2. The second-order valence-electron chi connectivity index (χ2n) is 6.67. The van der Waals surface area contributed by atoms with Gasteiger partial charge in [0.1, 0.15) is 11.3 Å². The minimum Gasteiger partial charge on any atom is -0.495 e. The zero-order chi connectivity index (χ0) is 21.8. The summed E-state index contributed by atoms with van der Waals surface area (Å²) in [6, 6.07) is 12.2. The molecule has 3 N–H and O–H groups in total. The predicted molar refractivity (Wildman–Crippen MR) is 110 cm³/mol. The van der Waals surface area contributed by atoms with Crippen molar-refractivity contribution in [1.29, 1.82) is 0 Å². The number of carbonyl (C=O) groups excluding carboxylic acids is 2. The number of benzene rings is 2. The van der Waals surface area contributed by atoms with Crippen molar-refractivity contribution in [3.05, 3.63) is 54.1 Å². The van der Waals surface area contributed by atoms with E-state index in [9.17, 15) is 18.0 Å². The summed E-state index contributed by atoms with van der Waals surface area (Å²) in [5.41, 5.74) is 4.76. The highest BCUT2D eigenvalue weighted by atomic mass is 32.2. The molecular weight excluding hydrogens is 394 g/mol. The van der Waals surface area contributed by atoms with Crippen LogP contribution >= 0.6 is 0 Å². The molecule has 0 spiro atoms. The van der Waals surface area contributed by atoms with Gasteiger partial charge in [-0.1, -0.05) is 19.1 Å². The first-order valence-electron chi connectivity index (χ1n) is 8.91. The van der Waals surface area contributed by atoms with Crippen molar-refractivity contribution >= 4 is 27.5 Å². The van der Waals surface area contributed by atoms with Crippen molar-refractivity contribution < 1.29 is 22.7 Å². The molecule has 0 saturated heterocycles. The molecule has 0 fully saturated rings. The number of ether oxygens (including phenoxy) is 1. The smallest absolute Gasteiger partial charge is 0.264 e. The maximum Gasteiger partial charge on any atom is 0.264 e. The number of nitrogens with one attached hydrogen (secondary N) is 1. The van der Waals surface area contributed by atoms with Crippen LogP contribution in [0.2, 0.25) is 0 Å². The lowest BCUT2D eigenvalue weighted by Gasteiger charge is -2.26. The van der Waals surface area contributed by atoms with Gasteiger partial charge in [0.2, 0.25) is 5.91 Å². The number of amides is 2. The fraction of sp³-hybridized carbons (Fsp3) is 0.300. The van der Waals surface area contributed by atoms with Gasteiger partial charge < -0.3 is 15.8 Å². The number of primary amides is 1. The van der Waals surface area contributed by atoms with Crippen LogP contribution in [0.4, 0.5) is 5.69 Å². The maximum absolute atomic E-state index is 13.0. The Morgan fingerprint density at radius 3 is 2.24 bits per heavy atom. The molecule has 29 heavy (non-hydrogen) atoms. The summed E-state index contributed by atoms with van der Waals surface area (Å²) in [5.74, 6) is -0.749. The zero-order valence-corrected chi connectivity index (χ0v) is 17.6. The van der Waals surface area contributed by atoms with Gasteiger partial charge >= 0.3 is 0 Å². The van der Waals surface area contributed by atoms with Crippen molar-refractivity contribution in [2.75, 3.05) is 18.5 Å². The largest absolute Gasteiger partial charge is 0.495 e. The van der Waals surface area contributed by atoms with Gasteiger partial charge in [-0.25, -0.2) is 8.42 Å². The molecule has 0 aromatic heterocycles. The van der Waals surface area contributed by atoms with Crippen LogP contribution < -0.4 is 20.1 Å². The van der Waals surface area contributed by atoms with Crippen LogP contribution in [0.15, 0.2) is 53.4 Å². The summed E-state index contributed by atoms with van der Waals surface area (Å²) < 4.78 is 32.3.